The molecule has 1 fully saturated rings. The fourth-order valence-corrected chi connectivity index (χ4v) is 1.60. The van der Waals surface area contributed by atoms with Gasteiger partial charge >= 0.3 is 0 Å². The quantitative estimate of drug-likeness (QED) is 0.726. The summed E-state index contributed by atoms with van der Waals surface area (Å²) in [6.07, 6.45) is 7.71. The molecule has 12 heavy (non-hydrogen) atoms. The molecular formula is C9H11BrN2. The molecule has 1 aliphatic rings. The smallest absolute Gasteiger partial charge is 0.131 e. The van der Waals surface area contributed by atoms with Gasteiger partial charge in [-0.25, -0.2) is 9.97 Å². The van der Waals surface area contributed by atoms with Crippen LogP contribution in [0.4, 0.5) is 0 Å². The summed E-state index contributed by atoms with van der Waals surface area (Å²) in [6.45, 7) is 0. The standard InChI is InChI=1S/C9H11BrN2/c10-4-7-5-11-9(12-6-7)8-2-1-3-8/h5-6,8H,1-4H2. The second-order valence-electron chi connectivity index (χ2n) is 3.21. The third-order valence-corrected chi connectivity index (χ3v) is 3.00. The average Bonchev–Trinajstić information content (AvgIpc) is 2.03. The molecule has 1 aliphatic carbocycles. The van der Waals surface area contributed by atoms with E-state index in [9.17, 15) is 0 Å². The van der Waals surface area contributed by atoms with Gasteiger partial charge in [0.1, 0.15) is 5.82 Å². The van der Waals surface area contributed by atoms with Crippen molar-refractivity contribution >= 4 is 15.9 Å². The summed E-state index contributed by atoms with van der Waals surface area (Å²) in [5.41, 5.74) is 1.15. The summed E-state index contributed by atoms with van der Waals surface area (Å²) in [5, 5.41) is 0.845. The molecule has 0 radical (unpaired) electrons. The van der Waals surface area contributed by atoms with Gasteiger partial charge in [0.2, 0.25) is 0 Å². The molecule has 0 bridgehead atoms. The molecular weight excluding hydrogens is 216 g/mol. The lowest BCUT2D eigenvalue weighted by Crippen LogP contribution is -2.12. The van der Waals surface area contributed by atoms with Gasteiger partial charge in [0.05, 0.1) is 0 Å². The second-order valence-corrected chi connectivity index (χ2v) is 3.77. The molecule has 2 rings (SSSR count). The molecule has 0 aromatic carbocycles. The van der Waals surface area contributed by atoms with Gasteiger partial charge in [-0.1, -0.05) is 22.4 Å². The summed E-state index contributed by atoms with van der Waals surface area (Å²) in [4.78, 5) is 8.66. The van der Waals surface area contributed by atoms with Crippen molar-refractivity contribution in [2.45, 2.75) is 30.5 Å². The maximum Gasteiger partial charge on any atom is 0.131 e. The molecule has 3 heteroatoms. The lowest BCUT2D eigenvalue weighted by atomic mass is 9.85. The van der Waals surface area contributed by atoms with E-state index in [1.54, 1.807) is 0 Å². The summed E-state index contributed by atoms with van der Waals surface area (Å²) >= 11 is 3.37. The van der Waals surface area contributed by atoms with Crippen molar-refractivity contribution in [3.63, 3.8) is 0 Å². The molecule has 1 heterocycles. The zero-order valence-electron chi connectivity index (χ0n) is 6.83. The fourth-order valence-electron chi connectivity index (χ4n) is 1.31. The number of aromatic nitrogens is 2. The first-order chi connectivity index (χ1) is 5.90. The fraction of sp³-hybridized carbons (Fsp3) is 0.556. The van der Waals surface area contributed by atoms with Crippen LogP contribution in [0.5, 0.6) is 0 Å². The van der Waals surface area contributed by atoms with Crippen LogP contribution in [0.1, 0.15) is 36.6 Å². The molecule has 0 unspecified atom stereocenters. The minimum absolute atomic E-state index is 0.648. The van der Waals surface area contributed by atoms with Crippen molar-refractivity contribution in [2.24, 2.45) is 0 Å². The normalized spacial score (nSPS) is 17.4. The van der Waals surface area contributed by atoms with Gasteiger partial charge in [0, 0.05) is 23.6 Å². The van der Waals surface area contributed by atoms with E-state index in [-0.39, 0.29) is 0 Å². The van der Waals surface area contributed by atoms with E-state index in [4.69, 9.17) is 0 Å². The van der Waals surface area contributed by atoms with E-state index in [1.807, 2.05) is 12.4 Å². The zero-order valence-corrected chi connectivity index (χ0v) is 8.42. The minimum atomic E-state index is 0.648. The van der Waals surface area contributed by atoms with Crippen molar-refractivity contribution in [2.75, 3.05) is 0 Å². The van der Waals surface area contributed by atoms with Crippen LogP contribution in [-0.4, -0.2) is 9.97 Å². The Morgan fingerprint density at radius 2 is 2.00 bits per heavy atom. The highest BCUT2D eigenvalue weighted by molar-refractivity contribution is 9.08. The van der Waals surface area contributed by atoms with Crippen LogP contribution in [0.2, 0.25) is 0 Å². The highest BCUT2D eigenvalue weighted by atomic mass is 79.9. The Bertz CT molecular complexity index is 254. The zero-order chi connectivity index (χ0) is 8.39. The number of halogens is 1. The molecule has 0 aliphatic heterocycles. The van der Waals surface area contributed by atoms with Gasteiger partial charge in [-0.3, -0.25) is 0 Å². The van der Waals surface area contributed by atoms with Gasteiger partial charge < -0.3 is 0 Å². The van der Waals surface area contributed by atoms with Crippen molar-refractivity contribution in [3.05, 3.63) is 23.8 Å². The van der Waals surface area contributed by atoms with E-state index in [0.29, 0.717) is 5.92 Å². The number of alkyl halides is 1. The number of hydrogen-bond acceptors (Lipinski definition) is 2. The SMILES string of the molecule is BrCc1cnc(C2CCC2)nc1. The van der Waals surface area contributed by atoms with Crippen LogP contribution in [-0.2, 0) is 5.33 Å². The minimum Gasteiger partial charge on any atom is -0.241 e. The van der Waals surface area contributed by atoms with E-state index in [0.717, 1.165) is 16.7 Å². The topological polar surface area (TPSA) is 25.8 Å². The number of rotatable bonds is 2. The Labute approximate surface area is 80.6 Å². The Morgan fingerprint density at radius 3 is 2.42 bits per heavy atom. The van der Waals surface area contributed by atoms with Gasteiger partial charge in [0.25, 0.3) is 0 Å². The largest absolute Gasteiger partial charge is 0.241 e. The first-order valence-corrected chi connectivity index (χ1v) is 5.39. The number of nitrogens with zero attached hydrogens (tertiary/aromatic N) is 2. The molecule has 2 nitrogen and oxygen atoms in total. The first-order valence-electron chi connectivity index (χ1n) is 4.27. The molecule has 0 N–H and O–H groups in total. The molecule has 1 aromatic rings. The highest BCUT2D eigenvalue weighted by Crippen LogP contribution is 2.33. The van der Waals surface area contributed by atoms with Crippen molar-refractivity contribution in [1.29, 1.82) is 0 Å². The Hall–Kier alpha value is -0.440. The average molecular weight is 227 g/mol. The van der Waals surface area contributed by atoms with E-state index in [2.05, 4.69) is 25.9 Å². The van der Waals surface area contributed by atoms with Crippen molar-refractivity contribution in [1.82, 2.24) is 9.97 Å². The lowest BCUT2D eigenvalue weighted by molar-refractivity contribution is 0.401. The highest BCUT2D eigenvalue weighted by Gasteiger charge is 2.21. The van der Waals surface area contributed by atoms with E-state index >= 15 is 0 Å². The van der Waals surface area contributed by atoms with Gasteiger partial charge in [-0.15, -0.1) is 0 Å². The monoisotopic (exact) mass is 226 g/mol. The van der Waals surface area contributed by atoms with Crippen molar-refractivity contribution in [3.8, 4) is 0 Å². The Morgan fingerprint density at radius 1 is 1.33 bits per heavy atom. The van der Waals surface area contributed by atoms with Crippen LogP contribution < -0.4 is 0 Å². The van der Waals surface area contributed by atoms with Crippen LogP contribution in [0.3, 0.4) is 0 Å². The predicted octanol–water partition coefficient (Wildman–Crippen LogP) is 2.64. The van der Waals surface area contributed by atoms with Crippen LogP contribution in [0.25, 0.3) is 0 Å². The molecule has 0 spiro atoms. The summed E-state index contributed by atoms with van der Waals surface area (Å²) in [5.74, 6) is 1.68. The molecule has 0 saturated heterocycles. The van der Waals surface area contributed by atoms with Gasteiger partial charge in [-0.05, 0) is 18.4 Å². The van der Waals surface area contributed by atoms with Crippen LogP contribution in [0, 0.1) is 0 Å². The molecule has 0 amide bonds. The Kier molecular flexibility index (Phi) is 2.40. The predicted molar refractivity (Wildman–Crippen MR) is 51.3 cm³/mol. The summed E-state index contributed by atoms with van der Waals surface area (Å²) in [6, 6.07) is 0. The lowest BCUT2D eigenvalue weighted by Gasteiger charge is -2.23. The summed E-state index contributed by atoms with van der Waals surface area (Å²) < 4.78 is 0. The molecule has 64 valence electrons. The van der Waals surface area contributed by atoms with Crippen LogP contribution in [0.15, 0.2) is 12.4 Å². The third-order valence-electron chi connectivity index (χ3n) is 2.35. The third kappa shape index (κ3) is 1.51. The first kappa shape index (κ1) is 8.17. The maximum atomic E-state index is 4.33. The van der Waals surface area contributed by atoms with Crippen LogP contribution >= 0.6 is 15.9 Å². The van der Waals surface area contributed by atoms with E-state index in [1.165, 1.54) is 19.3 Å². The molecule has 1 aromatic heterocycles. The maximum absolute atomic E-state index is 4.33. The number of hydrogen-bond donors (Lipinski definition) is 0. The molecule has 1 saturated carbocycles. The van der Waals surface area contributed by atoms with Gasteiger partial charge in [0.15, 0.2) is 0 Å². The van der Waals surface area contributed by atoms with Crippen molar-refractivity contribution < 1.29 is 0 Å². The Balaban J connectivity index is 2.13. The second kappa shape index (κ2) is 3.52. The van der Waals surface area contributed by atoms with Gasteiger partial charge in [-0.2, -0.15) is 0 Å². The van der Waals surface area contributed by atoms with E-state index < -0.39 is 0 Å². The molecule has 0 atom stereocenters. The summed E-state index contributed by atoms with van der Waals surface area (Å²) in [7, 11) is 0.